The van der Waals surface area contributed by atoms with E-state index >= 15 is 0 Å². The van der Waals surface area contributed by atoms with Gasteiger partial charge in [0.2, 0.25) is 0 Å². The molecule has 2 amide bonds. The van der Waals surface area contributed by atoms with E-state index in [0.717, 1.165) is 11.3 Å². The third-order valence-electron chi connectivity index (χ3n) is 4.73. The fourth-order valence-electron chi connectivity index (χ4n) is 3.19. The molecule has 0 saturated carbocycles. The van der Waals surface area contributed by atoms with Crippen molar-refractivity contribution in [2.24, 2.45) is 0 Å². The van der Waals surface area contributed by atoms with Crippen LogP contribution in [0.1, 0.15) is 15.9 Å². The van der Waals surface area contributed by atoms with Crippen molar-refractivity contribution in [1.82, 2.24) is 10.3 Å². The topological polar surface area (TPSA) is 80.8 Å². The van der Waals surface area contributed by atoms with Crippen molar-refractivity contribution in [3.63, 3.8) is 0 Å². The molecule has 7 nitrogen and oxygen atoms in total. The molecular formula is C19H18ClN3O4. The van der Waals surface area contributed by atoms with Crippen LogP contribution in [0.4, 0.5) is 5.69 Å². The standard InChI is InChI=1S/C19H18ClN3O4/c20-15-7-13(8-21-9-15)18(25)22-19(11-27-12-19)14-1-3-16(4-2-14)23-5-6-26-10-17(23)24/h1-4,7-9H,5-6,10-12H2,(H,22,25). The van der Waals surface area contributed by atoms with E-state index in [2.05, 4.69) is 10.3 Å². The molecule has 2 fully saturated rings. The summed E-state index contributed by atoms with van der Waals surface area (Å²) in [6.45, 7) is 1.91. The largest absolute Gasteiger partial charge is 0.376 e. The summed E-state index contributed by atoms with van der Waals surface area (Å²) in [5.74, 6) is -0.321. The van der Waals surface area contributed by atoms with E-state index in [9.17, 15) is 9.59 Å². The van der Waals surface area contributed by atoms with Gasteiger partial charge >= 0.3 is 0 Å². The molecule has 140 valence electrons. The lowest BCUT2D eigenvalue weighted by Gasteiger charge is -2.42. The van der Waals surface area contributed by atoms with Crippen molar-refractivity contribution >= 4 is 29.1 Å². The number of aromatic nitrogens is 1. The Labute approximate surface area is 161 Å². The van der Waals surface area contributed by atoms with E-state index < -0.39 is 5.54 Å². The first kappa shape index (κ1) is 17.9. The average Bonchev–Trinajstić information content (AvgIpc) is 2.65. The number of halogens is 1. The van der Waals surface area contributed by atoms with Crippen molar-refractivity contribution in [2.75, 3.05) is 37.9 Å². The number of hydrogen-bond acceptors (Lipinski definition) is 5. The van der Waals surface area contributed by atoms with Crippen LogP contribution in [-0.2, 0) is 19.8 Å². The predicted molar refractivity (Wildman–Crippen MR) is 98.8 cm³/mol. The molecule has 0 radical (unpaired) electrons. The average molecular weight is 388 g/mol. The summed E-state index contributed by atoms with van der Waals surface area (Å²) >= 11 is 5.92. The minimum absolute atomic E-state index is 0.0579. The maximum absolute atomic E-state index is 12.6. The fraction of sp³-hybridized carbons (Fsp3) is 0.316. The van der Waals surface area contributed by atoms with Crippen LogP contribution >= 0.6 is 11.6 Å². The van der Waals surface area contributed by atoms with Gasteiger partial charge in [-0.3, -0.25) is 14.6 Å². The van der Waals surface area contributed by atoms with Gasteiger partial charge in [0.05, 0.1) is 30.4 Å². The number of hydrogen-bond donors (Lipinski definition) is 1. The molecule has 1 aromatic heterocycles. The van der Waals surface area contributed by atoms with E-state index in [0.29, 0.717) is 37.0 Å². The molecule has 27 heavy (non-hydrogen) atoms. The molecule has 0 spiro atoms. The van der Waals surface area contributed by atoms with E-state index in [-0.39, 0.29) is 18.4 Å². The third-order valence-corrected chi connectivity index (χ3v) is 4.94. The summed E-state index contributed by atoms with van der Waals surface area (Å²) in [7, 11) is 0. The molecule has 0 aliphatic carbocycles. The molecule has 8 heteroatoms. The van der Waals surface area contributed by atoms with Gasteiger partial charge in [-0.05, 0) is 23.8 Å². The number of amides is 2. The molecule has 0 atom stereocenters. The SMILES string of the molecule is O=C(NC1(c2ccc(N3CCOCC3=O)cc2)COC1)c1cncc(Cl)c1. The van der Waals surface area contributed by atoms with Crippen LogP contribution in [0.15, 0.2) is 42.7 Å². The zero-order chi connectivity index (χ0) is 18.9. The van der Waals surface area contributed by atoms with Crippen LogP contribution in [0, 0.1) is 0 Å². The second-order valence-corrected chi connectivity index (χ2v) is 7.00. The Hall–Kier alpha value is -2.48. The highest BCUT2D eigenvalue weighted by atomic mass is 35.5. The Balaban J connectivity index is 1.53. The number of nitrogens with zero attached hydrogens (tertiary/aromatic N) is 2. The van der Waals surface area contributed by atoms with Crippen LogP contribution in [0.5, 0.6) is 0 Å². The Kier molecular flexibility index (Phi) is 4.82. The molecule has 0 bridgehead atoms. The van der Waals surface area contributed by atoms with Gasteiger partial charge < -0.3 is 19.7 Å². The lowest BCUT2D eigenvalue weighted by Crippen LogP contribution is -2.59. The molecule has 2 aromatic rings. The molecule has 0 unspecified atom stereocenters. The number of ether oxygens (including phenoxy) is 2. The minimum Gasteiger partial charge on any atom is -0.376 e. The van der Waals surface area contributed by atoms with Crippen molar-refractivity contribution in [3.05, 3.63) is 58.9 Å². The number of carbonyl (C=O) groups is 2. The van der Waals surface area contributed by atoms with Gasteiger partial charge in [0.1, 0.15) is 12.1 Å². The zero-order valence-electron chi connectivity index (χ0n) is 14.5. The van der Waals surface area contributed by atoms with Gasteiger partial charge in [-0.1, -0.05) is 23.7 Å². The number of morpholine rings is 1. The fourth-order valence-corrected chi connectivity index (χ4v) is 3.37. The summed E-state index contributed by atoms with van der Waals surface area (Å²) in [6, 6.07) is 9.16. The number of nitrogens with one attached hydrogen (secondary N) is 1. The van der Waals surface area contributed by atoms with Crippen LogP contribution in [0.2, 0.25) is 5.02 Å². The Morgan fingerprint density at radius 1 is 1.19 bits per heavy atom. The van der Waals surface area contributed by atoms with Crippen LogP contribution in [0.3, 0.4) is 0 Å². The highest BCUT2D eigenvalue weighted by Gasteiger charge is 2.42. The maximum Gasteiger partial charge on any atom is 0.253 e. The minimum atomic E-state index is -0.604. The molecule has 1 N–H and O–H groups in total. The lowest BCUT2D eigenvalue weighted by molar-refractivity contribution is -0.125. The summed E-state index contributed by atoms with van der Waals surface area (Å²) in [5.41, 5.74) is 1.52. The number of carbonyl (C=O) groups excluding carboxylic acids is 2. The lowest BCUT2D eigenvalue weighted by atomic mass is 9.87. The number of rotatable bonds is 4. The molecule has 2 aliphatic rings. The second kappa shape index (κ2) is 7.26. The molecule has 1 aromatic carbocycles. The van der Waals surface area contributed by atoms with E-state index in [1.807, 2.05) is 24.3 Å². The highest BCUT2D eigenvalue weighted by molar-refractivity contribution is 6.30. The predicted octanol–water partition coefficient (Wildman–Crippen LogP) is 1.75. The van der Waals surface area contributed by atoms with Crippen molar-refractivity contribution in [1.29, 1.82) is 0 Å². The van der Waals surface area contributed by atoms with E-state index in [1.54, 1.807) is 11.0 Å². The van der Waals surface area contributed by atoms with Crippen LogP contribution < -0.4 is 10.2 Å². The third kappa shape index (κ3) is 3.53. The Morgan fingerprint density at radius 2 is 1.96 bits per heavy atom. The monoisotopic (exact) mass is 387 g/mol. The van der Waals surface area contributed by atoms with Crippen LogP contribution in [-0.4, -0.2) is 49.8 Å². The van der Waals surface area contributed by atoms with Gasteiger partial charge in [-0.2, -0.15) is 0 Å². The summed E-state index contributed by atoms with van der Waals surface area (Å²) in [6.07, 6.45) is 2.95. The first-order valence-electron chi connectivity index (χ1n) is 8.57. The molecular weight excluding hydrogens is 370 g/mol. The Bertz CT molecular complexity index is 868. The van der Waals surface area contributed by atoms with Gasteiger partial charge in [0.25, 0.3) is 11.8 Å². The van der Waals surface area contributed by atoms with Crippen LogP contribution in [0.25, 0.3) is 0 Å². The smallest absolute Gasteiger partial charge is 0.253 e. The summed E-state index contributed by atoms with van der Waals surface area (Å²) in [5, 5.41) is 3.44. The molecule has 2 saturated heterocycles. The normalized spacial score (nSPS) is 18.7. The van der Waals surface area contributed by atoms with Gasteiger partial charge in [0, 0.05) is 24.6 Å². The van der Waals surface area contributed by atoms with Crippen molar-refractivity contribution < 1.29 is 19.1 Å². The maximum atomic E-state index is 12.6. The number of anilines is 1. The highest BCUT2D eigenvalue weighted by Crippen LogP contribution is 2.31. The first-order valence-corrected chi connectivity index (χ1v) is 8.95. The zero-order valence-corrected chi connectivity index (χ0v) is 15.2. The summed E-state index contributed by atoms with van der Waals surface area (Å²) in [4.78, 5) is 30.2. The first-order chi connectivity index (χ1) is 13.1. The quantitative estimate of drug-likeness (QED) is 0.864. The molecule has 2 aliphatic heterocycles. The number of benzene rings is 1. The van der Waals surface area contributed by atoms with Crippen molar-refractivity contribution in [2.45, 2.75) is 5.54 Å². The summed E-state index contributed by atoms with van der Waals surface area (Å²) < 4.78 is 10.5. The molecule has 3 heterocycles. The van der Waals surface area contributed by atoms with Crippen molar-refractivity contribution in [3.8, 4) is 0 Å². The van der Waals surface area contributed by atoms with E-state index in [4.69, 9.17) is 21.1 Å². The second-order valence-electron chi connectivity index (χ2n) is 6.57. The molecule has 4 rings (SSSR count). The van der Waals surface area contributed by atoms with Gasteiger partial charge in [-0.15, -0.1) is 0 Å². The van der Waals surface area contributed by atoms with Gasteiger partial charge in [0.15, 0.2) is 0 Å². The van der Waals surface area contributed by atoms with Gasteiger partial charge in [-0.25, -0.2) is 0 Å². The Morgan fingerprint density at radius 3 is 2.59 bits per heavy atom. The number of pyridine rings is 1. The van der Waals surface area contributed by atoms with E-state index in [1.165, 1.54) is 12.4 Å².